The van der Waals surface area contributed by atoms with E-state index in [9.17, 15) is 34.8 Å². The SMILES string of the molecule is CCC(C)(c1ccc(C(=O)O)cc1)c1ccc(C(C)(C)c2cc(C(C)(C)c3ccc(C(C)(C)c4ccc(C(=O)O)cc4)cc3)c(O)c(C(C)(C)c3ccc(C(C)(C)c4ccc(C(=O)O)cc4)cc3)c2)cc1. The second-order valence-electron chi connectivity index (χ2n) is 22.1. The normalized spacial score (nSPS) is 13.4. The number of carbonyl (C=O) groups is 3. The van der Waals surface area contributed by atoms with E-state index in [4.69, 9.17) is 0 Å². The molecule has 0 saturated carbocycles. The maximum absolute atomic E-state index is 12.8. The Kier molecular flexibility index (Phi) is 13.7. The zero-order valence-electron chi connectivity index (χ0n) is 43.2. The van der Waals surface area contributed by atoms with Crippen LogP contribution in [-0.2, 0) is 32.5 Å². The van der Waals surface area contributed by atoms with Gasteiger partial charge in [0.15, 0.2) is 0 Å². The highest BCUT2D eigenvalue weighted by Crippen LogP contribution is 2.49. The molecule has 0 amide bonds. The minimum Gasteiger partial charge on any atom is -0.507 e. The van der Waals surface area contributed by atoms with Crippen molar-refractivity contribution < 1.29 is 34.8 Å². The van der Waals surface area contributed by atoms with Crippen LogP contribution in [0, 0.1) is 0 Å². The molecular weight excluding hydrogens is 881 g/mol. The summed E-state index contributed by atoms with van der Waals surface area (Å²) in [4.78, 5) is 34.8. The molecule has 0 saturated heterocycles. The van der Waals surface area contributed by atoms with Gasteiger partial charge >= 0.3 is 17.9 Å². The molecule has 71 heavy (non-hydrogen) atoms. The lowest BCUT2D eigenvalue weighted by Gasteiger charge is -2.37. The molecule has 0 aliphatic rings. The number of carboxylic acid groups (broad SMARTS) is 3. The number of aromatic carboxylic acids is 3. The van der Waals surface area contributed by atoms with Gasteiger partial charge < -0.3 is 20.4 Å². The third kappa shape index (κ3) is 9.55. The van der Waals surface area contributed by atoms with Gasteiger partial charge in [0.25, 0.3) is 0 Å². The van der Waals surface area contributed by atoms with Gasteiger partial charge in [-0.15, -0.1) is 0 Å². The lowest BCUT2D eigenvalue weighted by molar-refractivity contribution is 0.0686. The second-order valence-corrected chi connectivity index (χ2v) is 22.1. The van der Waals surface area contributed by atoms with Crippen molar-refractivity contribution in [3.63, 3.8) is 0 Å². The van der Waals surface area contributed by atoms with Gasteiger partial charge in [-0.25, -0.2) is 14.4 Å². The third-order valence-corrected chi connectivity index (χ3v) is 16.3. The van der Waals surface area contributed by atoms with E-state index in [0.717, 1.165) is 73.2 Å². The minimum atomic E-state index is -0.958. The summed E-state index contributed by atoms with van der Waals surface area (Å²) in [6.45, 7) is 26.0. The van der Waals surface area contributed by atoms with E-state index in [1.807, 2.05) is 36.4 Å². The average molecular weight is 949 g/mol. The number of aromatic hydroxyl groups is 1. The highest BCUT2D eigenvalue weighted by molar-refractivity contribution is 5.88. The van der Waals surface area contributed by atoms with Crippen molar-refractivity contribution in [2.45, 2.75) is 122 Å². The standard InChI is InChI=1S/C64H68O7/c1-13-64(12,50-24-18-42(19-25-50)58(70)71)51-36-34-47(35-37-51)61(6,7)52-38-53(62(8,9)48-30-26-45(27-31-48)59(2,3)43-20-14-40(15-21-43)56(66)67)55(65)54(39-52)63(10,11)49-32-28-46(29-33-49)60(4,5)44-22-16-41(17-23-44)57(68)69/h14-39,65H,13H2,1-12H3,(H,66,67)(H,68,69)(H,70,71). The van der Waals surface area contributed by atoms with E-state index in [2.05, 4.69) is 168 Å². The second kappa shape index (κ2) is 18.8. The van der Waals surface area contributed by atoms with Crippen LogP contribution in [0.3, 0.4) is 0 Å². The summed E-state index contributed by atoms with van der Waals surface area (Å²) in [7, 11) is 0. The monoisotopic (exact) mass is 948 g/mol. The fourth-order valence-corrected chi connectivity index (χ4v) is 10.2. The van der Waals surface area contributed by atoms with Gasteiger partial charge in [-0.05, 0) is 98.5 Å². The van der Waals surface area contributed by atoms with E-state index >= 15 is 0 Å². The van der Waals surface area contributed by atoms with Crippen LogP contribution in [0.5, 0.6) is 5.75 Å². The molecule has 1 atom stereocenters. The van der Waals surface area contributed by atoms with E-state index in [-0.39, 0.29) is 27.9 Å². The quantitative estimate of drug-likeness (QED) is 0.0758. The first kappa shape index (κ1) is 51.6. The molecule has 7 aromatic rings. The first-order chi connectivity index (χ1) is 33.2. The van der Waals surface area contributed by atoms with E-state index in [0.29, 0.717) is 0 Å². The predicted molar refractivity (Wildman–Crippen MR) is 285 cm³/mol. The van der Waals surface area contributed by atoms with E-state index < -0.39 is 45.0 Å². The molecule has 366 valence electrons. The first-order valence-corrected chi connectivity index (χ1v) is 24.4. The largest absolute Gasteiger partial charge is 0.507 e. The summed E-state index contributed by atoms with van der Waals surface area (Å²) in [5.74, 6) is -2.63. The first-order valence-electron chi connectivity index (χ1n) is 24.4. The number of hydrogen-bond acceptors (Lipinski definition) is 4. The van der Waals surface area contributed by atoms with Crippen molar-refractivity contribution in [3.8, 4) is 5.75 Å². The van der Waals surface area contributed by atoms with Gasteiger partial charge in [0.1, 0.15) is 5.75 Å². The van der Waals surface area contributed by atoms with Gasteiger partial charge in [-0.3, -0.25) is 0 Å². The van der Waals surface area contributed by atoms with E-state index in [1.165, 1.54) is 0 Å². The highest BCUT2D eigenvalue weighted by Gasteiger charge is 2.38. The summed E-state index contributed by atoms with van der Waals surface area (Å²) >= 11 is 0. The van der Waals surface area contributed by atoms with Crippen LogP contribution in [0.2, 0.25) is 0 Å². The zero-order chi connectivity index (χ0) is 52.1. The molecule has 7 nitrogen and oxygen atoms in total. The lowest BCUT2D eigenvalue weighted by Crippen LogP contribution is -2.28. The molecule has 0 fully saturated rings. The van der Waals surface area contributed by atoms with Gasteiger partial charge in [0.2, 0.25) is 0 Å². The molecule has 7 heteroatoms. The van der Waals surface area contributed by atoms with Gasteiger partial charge in [0.05, 0.1) is 16.7 Å². The zero-order valence-corrected chi connectivity index (χ0v) is 43.2. The summed E-state index contributed by atoms with van der Waals surface area (Å²) in [6.07, 6.45) is 0.813. The number of carboxylic acids is 3. The van der Waals surface area contributed by atoms with Crippen LogP contribution in [0.15, 0.2) is 158 Å². The molecule has 0 aliphatic carbocycles. The number of rotatable bonds is 16. The molecule has 7 aromatic carbocycles. The van der Waals surface area contributed by atoms with Crippen molar-refractivity contribution in [1.82, 2.24) is 0 Å². The smallest absolute Gasteiger partial charge is 0.335 e. The maximum Gasteiger partial charge on any atom is 0.335 e. The summed E-state index contributed by atoms with van der Waals surface area (Å²) in [5.41, 5.74) is 9.84. The van der Waals surface area contributed by atoms with Gasteiger partial charge in [-0.2, -0.15) is 0 Å². The van der Waals surface area contributed by atoms with Crippen molar-refractivity contribution in [3.05, 3.63) is 241 Å². The predicted octanol–water partition coefficient (Wildman–Crippen LogP) is 14.8. The molecule has 0 aromatic heterocycles. The van der Waals surface area contributed by atoms with Gasteiger partial charge in [0, 0.05) is 43.6 Å². The molecular formula is C64H68O7. The van der Waals surface area contributed by atoms with Crippen molar-refractivity contribution in [2.75, 3.05) is 0 Å². The minimum absolute atomic E-state index is 0.230. The topological polar surface area (TPSA) is 132 Å². The Morgan fingerprint density at radius 2 is 0.521 bits per heavy atom. The highest BCUT2D eigenvalue weighted by atomic mass is 16.4. The maximum atomic E-state index is 12.8. The Labute approximate surface area is 419 Å². The van der Waals surface area contributed by atoms with Crippen LogP contribution in [0.25, 0.3) is 0 Å². The molecule has 0 heterocycles. The van der Waals surface area contributed by atoms with Crippen LogP contribution in [-0.4, -0.2) is 38.3 Å². The fraction of sp³-hybridized carbons (Fsp3) is 0.297. The van der Waals surface area contributed by atoms with Crippen LogP contribution in [0.1, 0.15) is 187 Å². The Hall–Kier alpha value is -7.25. The number of benzene rings is 7. The van der Waals surface area contributed by atoms with E-state index in [1.54, 1.807) is 36.4 Å². The molecule has 0 aliphatic heterocycles. The van der Waals surface area contributed by atoms with Crippen LogP contribution < -0.4 is 0 Å². The number of phenols is 1. The number of phenolic OH excluding ortho intramolecular Hbond substituents is 1. The van der Waals surface area contributed by atoms with Gasteiger partial charge in [-0.1, -0.05) is 204 Å². The molecule has 0 bridgehead atoms. The molecule has 7 rings (SSSR count). The fourth-order valence-electron chi connectivity index (χ4n) is 10.2. The molecule has 1 unspecified atom stereocenters. The Balaban J connectivity index is 1.32. The summed E-state index contributed by atoms with van der Waals surface area (Å²) in [6, 6.07) is 51.5. The van der Waals surface area contributed by atoms with Crippen molar-refractivity contribution in [1.29, 1.82) is 0 Å². The van der Waals surface area contributed by atoms with Crippen molar-refractivity contribution >= 4 is 17.9 Å². The van der Waals surface area contributed by atoms with Crippen molar-refractivity contribution in [2.24, 2.45) is 0 Å². The Morgan fingerprint density at radius 3 is 0.761 bits per heavy atom. The van der Waals surface area contributed by atoms with Crippen LogP contribution >= 0.6 is 0 Å². The number of hydrogen-bond donors (Lipinski definition) is 4. The molecule has 0 radical (unpaired) electrons. The summed E-state index contributed by atoms with van der Waals surface area (Å²) in [5, 5.41) is 41.4. The molecule has 4 N–H and O–H groups in total. The Bertz CT molecular complexity index is 2930. The molecule has 0 spiro atoms. The Morgan fingerprint density at radius 1 is 0.324 bits per heavy atom. The average Bonchev–Trinajstić information content (AvgIpc) is 3.36. The van der Waals surface area contributed by atoms with Crippen LogP contribution in [0.4, 0.5) is 0 Å². The lowest BCUT2D eigenvalue weighted by atomic mass is 9.67. The third-order valence-electron chi connectivity index (χ3n) is 16.3. The summed E-state index contributed by atoms with van der Waals surface area (Å²) < 4.78 is 0.